The highest BCUT2D eigenvalue weighted by Gasteiger charge is 2.21. The third-order valence-corrected chi connectivity index (χ3v) is 4.03. The Hall–Kier alpha value is -2.90. The predicted molar refractivity (Wildman–Crippen MR) is 98.6 cm³/mol. The molecule has 0 saturated heterocycles. The van der Waals surface area contributed by atoms with Gasteiger partial charge in [0, 0.05) is 12.1 Å². The highest BCUT2D eigenvalue weighted by atomic mass is 16.5. The molecule has 0 aromatic heterocycles. The van der Waals surface area contributed by atoms with Crippen molar-refractivity contribution in [2.24, 2.45) is 0 Å². The summed E-state index contributed by atoms with van der Waals surface area (Å²) in [7, 11) is 1.47. The van der Waals surface area contributed by atoms with Crippen LogP contribution in [0.25, 0.3) is 0 Å². The number of hydrogen-bond donors (Lipinski definition) is 3. The first-order valence-electron chi connectivity index (χ1n) is 8.49. The largest absolute Gasteiger partial charge is 0.497 e. The van der Waals surface area contributed by atoms with Crippen LogP contribution in [0.3, 0.4) is 0 Å². The van der Waals surface area contributed by atoms with Crippen LogP contribution < -0.4 is 10.1 Å². The van der Waals surface area contributed by atoms with Gasteiger partial charge in [0.05, 0.1) is 13.2 Å². The molecule has 0 saturated carbocycles. The van der Waals surface area contributed by atoms with Crippen LogP contribution in [0.15, 0.2) is 48.5 Å². The number of aldehydes is 1. The molecule has 0 radical (unpaired) electrons. The molecule has 3 N–H and O–H groups in total. The zero-order chi connectivity index (χ0) is 19.6. The van der Waals surface area contributed by atoms with Crippen LogP contribution in [-0.4, -0.2) is 42.4 Å². The molecule has 7 nitrogen and oxygen atoms in total. The Kier molecular flexibility index (Phi) is 7.79. The van der Waals surface area contributed by atoms with Crippen LogP contribution in [0, 0.1) is 0 Å². The van der Waals surface area contributed by atoms with E-state index in [1.807, 2.05) is 30.3 Å². The molecule has 0 aliphatic carbocycles. The summed E-state index contributed by atoms with van der Waals surface area (Å²) < 4.78 is 10.1. The molecule has 7 heteroatoms. The molecule has 144 valence electrons. The normalized spacial score (nSPS) is 12.7. The van der Waals surface area contributed by atoms with E-state index in [9.17, 15) is 19.8 Å². The van der Waals surface area contributed by atoms with Gasteiger partial charge < -0.3 is 25.0 Å². The first-order chi connectivity index (χ1) is 13.0. The standard InChI is InChI=1S/C20H23NO6/c1-26-16-7-8-17(15(11-16)12-22)19(24)18(23)9-10-21-20(25)27-13-14-5-3-2-4-6-14/h2-8,11-12,18-19,23-24H,9-10,13H2,1H3,(H,21,25). The summed E-state index contributed by atoms with van der Waals surface area (Å²) in [5.41, 5.74) is 1.39. The number of aliphatic hydroxyl groups excluding tert-OH is 2. The molecule has 0 aliphatic rings. The fraction of sp³-hybridized carbons (Fsp3) is 0.300. The molecule has 2 aromatic carbocycles. The van der Waals surface area contributed by atoms with Gasteiger partial charge in [-0.15, -0.1) is 0 Å². The van der Waals surface area contributed by atoms with Gasteiger partial charge in [0.15, 0.2) is 6.29 Å². The van der Waals surface area contributed by atoms with Gasteiger partial charge in [-0.05, 0) is 29.7 Å². The lowest BCUT2D eigenvalue weighted by Gasteiger charge is -2.20. The van der Waals surface area contributed by atoms with E-state index in [0.717, 1.165) is 5.56 Å². The topological polar surface area (TPSA) is 105 Å². The van der Waals surface area contributed by atoms with Gasteiger partial charge in [0.2, 0.25) is 0 Å². The summed E-state index contributed by atoms with van der Waals surface area (Å²) in [5.74, 6) is 0.477. The second-order valence-electron chi connectivity index (χ2n) is 5.90. The number of benzene rings is 2. The smallest absolute Gasteiger partial charge is 0.407 e. The molecular weight excluding hydrogens is 350 g/mol. The van der Waals surface area contributed by atoms with Crippen molar-refractivity contribution in [3.63, 3.8) is 0 Å². The van der Waals surface area contributed by atoms with E-state index < -0.39 is 18.3 Å². The Labute approximate surface area is 157 Å². The van der Waals surface area contributed by atoms with E-state index in [4.69, 9.17) is 9.47 Å². The molecule has 2 aromatic rings. The van der Waals surface area contributed by atoms with Gasteiger partial charge in [-0.3, -0.25) is 4.79 Å². The molecule has 0 heterocycles. The van der Waals surface area contributed by atoms with Gasteiger partial charge in [-0.1, -0.05) is 36.4 Å². The third kappa shape index (κ3) is 6.09. The van der Waals surface area contributed by atoms with Crippen molar-refractivity contribution >= 4 is 12.4 Å². The van der Waals surface area contributed by atoms with Crippen LogP contribution in [-0.2, 0) is 11.3 Å². The van der Waals surface area contributed by atoms with Crippen molar-refractivity contribution in [3.05, 3.63) is 65.2 Å². The quantitative estimate of drug-likeness (QED) is 0.582. The Bertz CT molecular complexity index is 749. The molecule has 2 atom stereocenters. The van der Waals surface area contributed by atoms with E-state index in [0.29, 0.717) is 17.6 Å². The van der Waals surface area contributed by atoms with Crippen molar-refractivity contribution in [3.8, 4) is 5.75 Å². The second-order valence-corrected chi connectivity index (χ2v) is 5.90. The molecule has 0 spiro atoms. The summed E-state index contributed by atoms with van der Waals surface area (Å²) in [6.07, 6.45) is -2.36. The Morgan fingerprint density at radius 2 is 1.93 bits per heavy atom. The van der Waals surface area contributed by atoms with Gasteiger partial charge in [0.25, 0.3) is 0 Å². The van der Waals surface area contributed by atoms with Crippen molar-refractivity contribution < 1.29 is 29.3 Å². The molecule has 2 rings (SSSR count). The first-order valence-corrected chi connectivity index (χ1v) is 8.49. The number of carbonyl (C=O) groups is 2. The van der Waals surface area contributed by atoms with Crippen molar-refractivity contribution in [1.82, 2.24) is 5.32 Å². The summed E-state index contributed by atoms with van der Waals surface area (Å²) in [4.78, 5) is 22.9. The Balaban J connectivity index is 1.80. The highest BCUT2D eigenvalue weighted by molar-refractivity contribution is 5.78. The Morgan fingerprint density at radius 3 is 2.59 bits per heavy atom. The number of alkyl carbamates (subject to hydrolysis) is 1. The van der Waals surface area contributed by atoms with Crippen LogP contribution in [0.4, 0.5) is 4.79 Å². The van der Waals surface area contributed by atoms with E-state index in [2.05, 4.69) is 5.32 Å². The number of ether oxygens (including phenoxy) is 2. The van der Waals surface area contributed by atoms with Crippen LogP contribution in [0.5, 0.6) is 5.75 Å². The van der Waals surface area contributed by atoms with Crippen LogP contribution in [0.2, 0.25) is 0 Å². The molecule has 0 aliphatic heterocycles. The fourth-order valence-corrected chi connectivity index (χ4v) is 2.51. The first kappa shape index (κ1) is 20.4. The lowest BCUT2D eigenvalue weighted by atomic mass is 9.97. The summed E-state index contributed by atoms with van der Waals surface area (Å²) >= 11 is 0. The van der Waals surface area contributed by atoms with Gasteiger partial charge in [0.1, 0.15) is 18.5 Å². The van der Waals surface area contributed by atoms with Gasteiger partial charge in [-0.25, -0.2) is 4.79 Å². The number of amides is 1. The minimum Gasteiger partial charge on any atom is -0.497 e. The minimum atomic E-state index is -1.27. The maximum Gasteiger partial charge on any atom is 0.407 e. The second kappa shape index (κ2) is 10.3. The average Bonchev–Trinajstić information content (AvgIpc) is 2.71. The molecule has 2 unspecified atom stereocenters. The van der Waals surface area contributed by atoms with E-state index in [1.165, 1.54) is 19.2 Å². The number of aliphatic hydroxyl groups is 2. The van der Waals surface area contributed by atoms with E-state index in [-0.39, 0.29) is 25.1 Å². The summed E-state index contributed by atoms with van der Waals surface area (Å²) in [6.45, 7) is 0.255. The van der Waals surface area contributed by atoms with Crippen LogP contribution >= 0.6 is 0 Å². The monoisotopic (exact) mass is 373 g/mol. The Morgan fingerprint density at radius 1 is 1.19 bits per heavy atom. The maximum absolute atomic E-state index is 11.7. The average molecular weight is 373 g/mol. The van der Waals surface area contributed by atoms with Crippen molar-refractivity contribution in [1.29, 1.82) is 0 Å². The van der Waals surface area contributed by atoms with Crippen molar-refractivity contribution in [2.45, 2.75) is 25.2 Å². The molecule has 1 amide bonds. The highest BCUT2D eigenvalue weighted by Crippen LogP contribution is 2.25. The van der Waals surface area contributed by atoms with Crippen molar-refractivity contribution in [2.75, 3.05) is 13.7 Å². The zero-order valence-electron chi connectivity index (χ0n) is 15.0. The number of carbonyl (C=O) groups excluding carboxylic acids is 2. The fourth-order valence-electron chi connectivity index (χ4n) is 2.51. The lowest BCUT2D eigenvalue weighted by Crippen LogP contribution is -2.30. The van der Waals surface area contributed by atoms with E-state index in [1.54, 1.807) is 6.07 Å². The SMILES string of the molecule is COc1ccc(C(O)C(O)CCNC(=O)OCc2ccccc2)c(C=O)c1. The lowest BCUT2D eigenvalue weighted by molar-refractivity contribution is 0.0133. The number of nitrogens with one attached hydrogen (secondary N) is 1. The van der Waals surface area contributed by atoms with Gasteiger partial charge in [-0.2, -0.15) is 0 Å². The molecule has 0 fully saturated rings. The molecular formula is C20H23NO6. The number of methoxy groups -OCH3 is 1. The predicted octanol–water partition coefficient (Wildman–Crippen LogP) is 2.22. The molecule has 0 bridgehead atoms. The zero-order valence-corrected chi connectivity index (χ0v) is 15.0. The van der Waals surface area contributed by atoms with Crippen LogP contribution in [0.1, 0.15) is 34.0 Å². The summed E-state index contributed by atoms with van der Waals surface area (Å²) in [6, 6.07) is 13.9. The van der Waals surface area contributed by atoms with Gasteiger partial charge >= 0.3 is 6.09 Å². The minimum absolute atomic E-state index is 0.0892. The number of hydrogen-bond acceptors (Lipinski definition) is 6. The number of rotatable bonds is 9. The maximum atomic E-state index is 11.7. The third-order valence-electron chi connectivity index (χ3n) is 4.03. The summed E-state index contributed by atoms with van der Waals surface area (Å²) in [5, 5.41) is 23.0. The van der Waals surface area contributed by atoms with E-state index >= 15 is 0 Å². The molecule has 27 heavy (non-hydrogen) atoms.